The number of nitrogens with zero attached hydrogens (tertiary/aromatic N) is 2. The third-order valence-corrected chi connectivity index (χ3v) is 4.80. The Bertz CT molecular complexity index is 1020. The molecule has 2 aromatic carbocycles. The average Bonchev–Trinajstić information content (AvgIpc) is 3.19. The maximum Gasteiger partial charge on any atom is 0.190 e. The lowest BCUT2D eigenvalue weighted by Gasteiger charge is -2.10. The van der Waals surface area contributed by atoms with Crippen LogP contribution in [0.1, 0.15) is 11.3 Å². The average molecular weight is 365 g/mol. The molecule has 0 amide bonds. The van der Waals surface area contributed by atoms with Crippen LogP contribution in [0.25, 0.3) is 10.9 Å². The molecule has 0 aliphatic rings. The van der Waals surface area contributed by atoms with Crippen LogP contribution in [0.3, 0.4) is 0 Å². The topological polar surface area (TPSA) is 51.0 Å². The SMILES string of the molecule is Fc1ccccc1CSc1nc(NCc2ccco2)c2ccccc2n1. The van der Waals surface area contributed by atoms with E-state index in [0.29, 0.717) is 23.0 Å². The number of para-hydroxylation sites is 1. The molecule has 26 heavy (non-hydrogen) atoms. The highest BCUT2D eigenvalue weighted by molar-refractivity contribution is 7.98. The summed E-state index contributed by atoms with van der Waals surface area (Å²) in [6, 6.07) is 18.3. The van der Waals surface area contributed by atoms with Gasteiger partial charge in [-0.2, -0.15) is 0 Å². The number of benzene rings is 2. The summed E-state index contributed by atoms with van der Waals surface area (Å²) in [6.07, 6.45) is 1.64. The van der Waals surface area contributed by atoms with Gasteiger partial charge in [0.15, 0.2) is 5.16 Å². The molecular formula is C20H16FN3OS. The van der Waals surface area contributed by atoms with E-state index in [1.54, 1.807) is 18.4 Å². The van der Waals surface area contributed by atoms with Crippen LogP contribution < -0.4 is 5.32 Å². The van der Waals surface area contributed by atoms with Gasteiger partial charge in [-0.15, -0.1) is 0 Å². The third kappa shape index (κ3) is 3.70. The lowest BCUT2D eigenvalue weighted by molar-refractivity contribution is 0.518. The van der Waals surface area contributed by atoms with Crippen LogP contribution in [0, 0.1) is 5.82 Å². The Hall–Kier alpha value is -2.86. The number of rotatable bonds is 6. The van der Waals surface area contributed by atoms with Crippen molar-refractivity contribution in [2.24, 2.45) is 0 Å². The molecule has 130 valence electrons. The highest BCUT2D eigenvalue weighted by atomic mass is 32.2. The first-order valence-corrected chi connectivity index (χ1v) is 9.17. The van der Waals surface area contributed by atoms with Crippen molar-refractivity contribution in [2.45, 2.75) is 17.5 Å². The van der Waals surface area contributed by atoms with Crippen LogP contribution >= 0.6 is 11.8 Å². The number of hydrogen-bond donors (Lipinski definition) is 1. The van der Waals surface area contributed by atoms with Gasteiger partial charge in [0, 0.05) is 11.1 Å². The van der Waals surface area contributed by atoms with E-state index in [0.717, 1.165) is 22.5 Å². The van der Waals surface area contributed by atoms with Gasteiger partial charge in [0.2, 0.25) is 0 Å². The van der Waals surface area contributed by atoms with Crippen LogP contribution in [0.5, 0.6) is 0 Å². The predicted octanol–water partition coefficient (Wildman–Crippen LogP) is 5.27. The van der Waals surface area contributed by atoms with Crippen LogP contribution in [0.2, 0.25) is 0 Å². The normalized spacial score (nSPS) is 11.0. The Morgan fingerprint density at radius 1 is 0.962 bits per heavy atom. The fourth-order valence-electron chi connectivity index (χ4n) is 2.60. The van der Waals surface area contributed by atoms with Crippen LogP contribution in [0.4, 0.5) is 10.2 Å². The third-order valence-electron chi connectivity index (χ3n) is 3.91. The van der Waals surface area contributed by atoms with Gasteiger partial charge in [-0.1, -0.05) is 42.1 Å². The molecule has 0 fully saturated rings. The Morgan fingerprint density at radius 2 is 1.81 bits per heavy atom. The quantitative estimate of drug-likeness (QED) is 0.373. The molecule has 0 saturated heterocycles. The van der Waals surface area contributed by atoms with E-state index in [4.69, 9.17) is 4.42 Å². The van der Waals surface area contributed by atoms with E-state index in [1.807, 2.05) is 42.5 Å². The van der Waals surface area contributed by atoms with Gasteiger partial charge in [-0.05, 0) is 35.9 Å². The number of furan rings is 1. The van der Waals surface area contributed by atoms with Crippen molar-refractivity contribution in [3.8, 4) is 0 Å². The standard InChI is InChI=1S/C20H16FN3OS/c21-17-9-3-1-6-14(17)13-26-20-23-18-10-4-2-8-16(18)19(24-20)22-12-15-7-5-11-25-15/h1-11H,12-13H2,(H,22,23,24). The second kappa shape index (κ2) is 7.58. The van der Waals surface area contributed by atoms with Crippen LogP contribution in [-0.2, 0) is 12.3 Å². The van der Waals surface area contributed by atoms with Gasteiger partial charge < -0.3 is 9.73 Å². The lowest BCUT2D eigenvalue weighted by atomic mass is 10.2. The number of nitrogens with one attached hydrogen (secondary N) is 1. The minimum atomic E-state index is -0.211. The van der Waals surface area contributed by atoms with Gasteiger partial charge in [-0.3, -0.25) is 0 Å². The molecule has 1 N–H and O–H groups in total. The van der Waals surface area contributed by atoms with E-state index < -0.39 is 0 Å². The Morgan fingerprint density at radius 3 is 2.65 bits per heavy atom. The van der Waals surface area contributed by atoms with Crippen molar-refractivity contribution in [3.63, 3.8) is 0 Å². The highest BCUT2D eigenvalue weighted by Gasteiger charge is 2.10. The fourth-order valence-corrected chi connectivity index (χ4v) is 3.43. The Kier molecular flexibility index (Phi) is 4.84. The zero-order valence-electron chi connectivity index (χ0n) is 13.9. The Balaban J connectivity index is 1.59. The van der Waals surface area contributed by atoms with E-state index in [1.165, 1.54) is 17.8 Å². The molecule has 2 heterocycles. The maximum atomic E-state index is 13.8. The van der Waals surface area contributed by atoms with E-state index in [-0.39, 0.29) is 5.82 Å². The smallest absolute Gasteiger partial charge is 0.190 e. The summed E-state index contributed by atoms with van der Waals surface area (Å²) in [5, 5.41) is 4.85. The molecule has 0 atom stereocenters. The van der Waals surface area contributed by atoms with Crippen molar-refractivity contribution in [3.05, 3.63) is 84.1 Å². The zero-order valence-corrected chi connectivity index (χ0v) is 14.7. The van der Waals surface area contributed by atoms with Crippen LogP contribution in [-0.4, -0.2) is 9.97 Å². The number of thioether (sulfide) groups is 1. The second-order valence-corrected chi connectivity index (χ2v) is 6.63. The van der Waals surface area contributed by atoms with E-state index in [9.17, 15) is 4.39 Å². The first-order chi connectivity index (χ1) is 12.8. The number of fused-ring (bicyclic) bond motifs is 1. The largest absolute Gasteiger partial charge is 0.467 e. The van der Waals surface area contributed by atoms with Gasteiger partial charge in [0.25, 0.3) is 0 Å². The molecule has 0 saturated carbocycles. The zero-order chi connectivity index (χ0) is 17.8. The summed E-state index contributed by atoms with van der Waals surface area (Å²) in [7, 11) is 0. The second-order valence-electron chi connectivity index (χ2n) is 5.68. The summed E-state index contributed by atoms with van der Waals surface area (Å²) in [5.74, 6) is 1.83. The fraction of sp³-hybridized carbons (Fsp3) is 0.100. The molecule has 0 aliphatic heterocycles. The molecule has 0 spiro atoms. The van der Waals surface area contributed by atoms with Crippen LogP contribution in [0.15, 0.2) is 76.5 Å². The summed E-state index contributed by atoms with van der Waals surface area (Å²) >= 11 is 1.41. The number of halogens is 1. The van der Waals surface area contributed by atoms with E-state index >= 15 is 0 Å². The molecule has 4 rings (SSSR count). The van der Waals surface area contributed by atoms with E-state index in [2.05, 4.69) is 15.3 Å². The first-order valence-electron chi connectivity index (χ1n) is 8.19. The molecule has 4 aromatic rings. The van der Waals surface area contributed by atoms with Crippen molar-refractivity contribution in [1.82, 2.24) is 9.97 Å². The molecule has 2 aromatic heterocycles. The summed E-state index contributed by atoms with van der Waals surface area (Å²) in [4.78, 5) is 9.21. The molecule has 4 nitrogen and oxygen atoms in total. The molecule has 0 bridgehead atoms. The number of aromatic nitrogens is 2. The van der Waals surface area contributed by atoms with Gasteiger partial charge in [0.1, 0.15) is 17.4 Å². The minimum Gasteiger partial charge on any atom is -0.467 e. The van der Waals surface area contributed by atoms with Crippen molar-refractivity contribution in [2.75, 3.05) is 5.32 Å². The highest BCUT2D eigenvalue weighted by Crippen LogP contribution is 2.27. The minimum absolute atomic E-state index is 0.211. The number of hydrogen-bond acceptors (Lipinski definition) is 5. The Labute approximate surface area is 154 Å². The van der Waals surface area contributed by atoms with Gasteiger partial charge >= 0.3 is 0 Å². The van der Waals surface area contributed by atoms with Gasteiger partial charge in [-0.25, -0.2) is 14.4 Å². The van der Waals surface area contributed by atoms with Crippen molar-refractivity contribution in [1.29, 1.82) is 0 Å². The van der Waals surface area contributed by atoms with Gasteiger partial charge in [0.05, 0.1) is 18.3 Å². The molecule has 0 unspecified atom stereocenters. The number of anilines is 1. The lowest BCUT2D eigenvalue weighted by Crippen LogP contribution is -2.03. The monoisotopic (exact) mass is 365 g/mol. The molecular weight excluding hydrogens is 349 g/mol. The van der Waals surface area contributed by atoms with Crippen molar-refractivity contribution < 1.29 is 8.81 Å². The molecule has 0 aliphatic carbocycles. The maximum absolute atomic E-state index is 13.8. The predicted molar refractivity (Wildman–Crippen MR) is 102 cm³/mol. The first kappa shape index (κ1) is 16.6. The van der Waals surface area contributed by atoms with Crippen molar-refractivity contribution >= 4 is 28.5 Å². The molecule has 0 radical (unpaired) electrons. The summed E-state index contributed by atoms with van der Waals surface area (Å²) < 4.78 is 19.2. The summed E-state index contributed by atoms with van der Waals surface area (Å²) in [5.41, 5.74) is 1.49. The summed E-state index contributed by atoms with van der Waals surface area (Å²) in [6.45, 7) is 0.533. The molecule has 6 heteroatoms.